The second-order valence-electron chi connectivity index (χ2n) is 6.38. The van der Waals surface area contributed by atoms with Crippen molar-refractivity contribution in [3.63, 3.8) is 0 Å². The molecule has 10 nitrogen and oxygen atoms in total. The van der Waals surface area contributed by atoms with Crippen LogP contribution in [0.25, 0.3) is 11.0 Å². The van der Waals surface area contributed by atoms with Gasteiger partial charge in [0.2, 0.25) is 5.91 Å². The van der Waals surface area contributed by atoms with Gasteiger partial charge in [-0.15, -0.1) is 6.58 Å². The van der Waals surface area contributed by atoms with Crippen LogP contribution in [0.15, 0.2) is 54.2 Å². The predicted octanol–water partition coefficient (Wildman–Crippen LogP) is 1.63. The topological polar surface area (TPSA) is 125 Å². The van der Waals surface area contributed by atoms with Gasteiger partial charge in [-0.05, 0) is 12.0 Å². The standard InChI is InChI=1S/C19H20N6O4/c1-2-3-4-17(26)20-9-10-24-18-16(11-22-24)19(27)23(13-21-18)12-14-5-7-15(8-6-14)25(28)29/h2,5-8,11,13H,1,3-4,9-10,12H2,(H,20,26). The molecule has 0 atom stereocenters. The van der Waals surface area contributed by atoms with Crippen molar-refractivity contribution in [1.82, 2.24) is 24.6 Å². The summed E-state index contributed by atoms with van der Waals surface area (Å²) in [4.78, 5) is 38.9. The lowest BCUT2D eigenvalue weighted by Crippen LogP contribution is -2.27. The van der Waals surface area contributed by atoms with E-state index in [4.69, 9.17) is 0 Å². The number of benzene rings is 1. The van der Waals surface area contributed by atoms with Crippen molar-refractivity contribution in [2.24, 2.45) is 0 Å². The summed E-state index contributed by atoms with van der Waals surface area (Å²) in [5, 5.41) is 18.1. The van der Waals surface area contributed by atoms with E-state index in [1.165, 1.54) is 29.2 Å². The van der Waals surface area contributed by atoms with Gasteiger partial charge in [-0.1, -0.05) is 18.2 Å². The molecule has 0 saturated heterocycles. The molecule has 0 aliphatic carbocycles. The molecule has 2 aromatic heterocycles. The quantitative estimate of drug-likeness (QED) is 0.333. The van der Waals surface area contributed by atoms with Crippen LogP contribution in [-0.4, -0.2) is 36.7 Å². The first-order valence-electron chi connectivity index (χ1n) is 9.01. The van der Waals surface area contributed by atoms with Crippen LogP contribution >= 0.6 is 0 Å². The Kier molecular flexibility index (Phi) is 6.12. The smallest absolute Gasteiger partial charge is 0.269 e. The molecule has 0 aliphatic heterocycles. The Labute approximate surface area is 165 Å². The Hall–Kier alpha value is -3.82. The Balaban J connectivity index is 1.70. The molecule has 150 valence electrons. The van der Waals surface area contributed by atoms with Gasteiger partial charge in [-0.3, -0.25) is 24.3 Å². The number of hydrogen-bond acceptors (Lipinski definition) is 6. The highest BCUT2D eigenvalue weighted by Gasteiger charge is 2.11. The van der Waals surface area contributed by atoms with Crippen LogP contribution in [0.5, 0.6) is 0 Å². The maximum absolute atomic E-state index is 12.7. The number of carbonyl (C=O) groups is 1. The molecule has 0 radical (unpaired) electrons. The summed E-state index contributed by atoms with van der Waals surface area (Å²) in [5.41, 5.74) is 0.922. The molecule has 0 bridgehead atoms. The molecule has 1 amide bonds. The second-order valence-corrected chi connectivity index (χ2v) is 6.38. The number of non-ortho nitro benzene ring substituents is 1. The lowest BCUT2D eigenvalue weighted by atomic mass is 10.2. The van der Waals surface area contributed by atoms with E-state index in [0.29, 0.717) is 37.0 Å². The van der Waals surface area contributed by atoms with E-state index in [1.807, 2.05) is 0 Å². The number of nitro groups is 1. The zero-order valence-electron chi connectivity index (χ0n) is 15.7. The number of amides is 1. The van der Waals surface area contributed by atoms with Crippen molar-refractivity contribution in [1.29, 1.82) is 0 Å². The summed E-state index contributed by atoms with van der Waals surface area (Å²) in [7, 11) is 0. The number of aromatic nitrogens is 4. The van der Waals surface area contributed by atoms with Crippen LogP contribution in [0.2, 0.25) is 0 Å². The highest BCUT2D eigenvalue weighted by atomic mass is 16.6. The van der Waals surface area contributed by atoms with Crippen LogP contribution in [0.3, 0.4) is 0 Å². The van der Waals surface area contributed by atoms with E-state index in [2.05, 4.69) is 22.0 Å². The van der Waals surface area contributed by atoms with Gasteiger partial charge in [0.15, 0.2) is 5.65 Å². The molecule has 29 heavy (non-hydrogen) atoms. The average Bonchev–Trinajstić information content (AvgIpc) is 3.12. The molecule has 1 aromatic carbocycles. The number of nitrogens with one attached hydrogen (secondary N) is 1. The fourth-order valence-corrected chi connectivity index (χ4v) is 2.82. The van der Waals surface area contributed by atoms with Crippen molar-refractivity contribution in [3.05, 3.63) is 75.5 Å². The molecule has 3 aromatic rings. The molecular weight excluding hydrogens is 376 g/mol. The third-order valence-electron chi connectivity index (χ3n) is 4.34. The normalized spacial score (nSPS) is 10.8. The Morgan fingerprint density at radius 2 is 2.07 bits per heavy atom. The summed E-state index contributed by atoms with van der Waals surface area (Å²) in [5.74, 6) is -0.0697. The Bertz CT molecular complexity index is 1100. The molecule has 1 N–H and O–H groups in total. The minimum absolute atomic E-state index is 0.00691. The fourth-order valence-electron chi connectivity index (χ4n) is 2.82. The lowest BCUT2D eigenvalue weighted by molar-refractivity contribution is -0.384. The van der Waals surface area contributed by atoms with Crippen molar-refractivity contribution >= 4 is 22.6 Å². The number of fused-ring (bicyclic) bond motifs is 1. The van der Waals surface area contributed by atoms with E-state index in [-0.39, 0.29) is 23.7 Å². The molecule has 2 heterocycles. The number of carbonyl (C=O) groups excluding carboxylic acids is 1. The van der Waals surface area contributed by atoms with Gasteiger partial charge in [0.1, 0.15) is 11.7 Å². The average molecular weight is 396 g/mol. The number of nitro benzene ring substituents is 1. The third kappa shape index (κ3) is 4.72. The minimum Gasteiger partial charge on any atom is -0.354 e. The van der Waals surface area contributed by atoms with Crippen LogP contribution < -0.4 is 10.9 Å². The van der Waals surface area contributed by atoms with Crippen molar-refractivity contribution in [3.8, 4) is 0 Å². The first kappa shape index (κ1) is 19.9. The number of nitrogens with zero attached hydrogens (tertiary/aromatic N) is 5. The van der Waals surface area contributed by atoms with Crippen LogP contribution in [0, 0.1) is 10.1 Å². The monoisotopic (exact) mass is 396 g/mol. The molecule has 3 rings (SSSR count). The minimum atomic E-state index is -0.472. The van der Waals surface area contributed by atoms with E-state index in [9.17, 15) is 19.7 Å². The summed E-state index contributed by atoms with van der Waals surface area (Å²) in [6.07, 6.45) is 5.57. The molecule has 0 unspecified atom stereocenters. The predicted molar refractivity (Wildman–Crippen MR) is 106 cm³/mol. The van der Waals surface area contributed by atoms with Crippen LogP contribution in [0.1, 0.15) is 18.4 Å². The van der Waals surface area contributed by atoms with Gasteiger partial charge in [0.25, 0.3) is 11.2 Å². The molecule has 0 saturated carbocycles. The van der Waals surface area contributed by atoms with Crippen molar-refractivity contribution in [2.75, 3.05) is 6.54 Å². The second kappa shape index (κ2) is 8.91. The Morgan fingerprint density at radius 3 is 2.76 bits per heavy atom. The number of allylic oxidation sites excluding steroid dienone is 1. The van der Waals surface area contributed by atoms with Gasteiger partial charge in [0, 0.05) is 25.1 Å². The highest BCUT2D eigenvalue weighted by molar-refractivity contribution is 5.76. The van der Waals surface area contributed by atoms with Gasteiger partial charge in [-0.25, -0.2) is 9.67 Å². The summed E-state index contributed by atoms with van der Waals surface area (Å²) < 4.78 is 2.99. The van der Waals surface area contributed by atoms with Gasteiger partial charge in [0.05, 0.1) is 24.2 Å². The molecular formula is C19H20N6O4. The van der Waals surface area contributed by atoms with Gasteiger partial charge >= 0.3 is 0 Å². The highest BCUT2D eigenvalue weighted by Crippen LogP contribution is 2.13. The van der Waals surface area contributed by atoms with Crippen LogP contribution in [0.4, 0.5) is 5.69 Å². The van der Waals surface area contributed by atoms with Gasteiger partial charge in [-0.2, -0.15) is 5.10 Å². The van der Waals surface area contributed by atoms with E-state index >= 15 is 0 Å². The zero-order valence-corrected chi connectivity index (χ0v) is 15.7. The summed E-state index contributed by atoms with van der Waals surface area (Å²) in [6, 6.07) is 6.00. The first-order valence-corrected chi connectivity index (χ1v) is 9.01. The van der Waals surface area contributed by atoms with Crippen molar-refractivity contribution < 1.29 is 9.72 Å². The number of hydrogen-bond donors (Lipinski definition) is 1. The third-order valence-corrected chi connectivity index (χ3v) is 4.34. The Morgan fingerprint density at radius 1 is 1.31 bits per heavy atom. The molecule has 0 aliphatic rings. The molecule has 10 heteroatoms. The largest absolute Gasteiger partial charge is 0.354 e. The number of rotatable bonds is 9. The summed E-state index contributed by atoms with van der Waals surface area (Å²) >= 11 is 0. The molecule has 0 fully saturated rings. The van der Waals surface area contributed by atoms with E-state index in [0.717, 1.165) is 5.56 Å². The van der Waals surface area contributed by atoms with Gasteiger partial charge < -0.3 is 5.32 Å². The molecule has 0 spiro atoms. The maximum Gasteiger partial charge on any atom is 0.269 e. The SMILES string of the molecule is C=CCCC(=O)NCCn1ncc2c(=O)n(Cc3ccc([N+](=O)[O-])cc3)cnc21. The van der Waals surface area contributed by atoms with Crippen LogP contribution in [-0.2, 0) is 17.9 Å². The van der Waals surface area contributed by atoms with Crippen molar-refractivity contribution in [2.45, 2.75) is 25.9 Å². The van der Waals surface area contributed by atoms with E-state index < -0.39 is 4.92 Å². The zero-order chi connectivity index (χ0) is 20.8. The maximum atomic E-state index is 12.7. The van der Waals surface area contributed by atoms with E-state index in [1.54, 1.807) is 22.9 Å². The lowest BCUT2D eigenvalue weighted by Gasteiger charge is -2.07. The fraction of sp³-hybridized carbons (Fsp3) is 0.263. The first-order chi connectivity index (χ1) is 14.0. The summed E-state index contributed by atoms with van der Waals surface area (Å²) in [6.45, 7) is 4.59.